The standard InChI is InChI=1S/C25H30O6/c1-7-16-28-25(15-11-14-18-12-9-8-10-13-18)19(17-27-22(26)23(2,3)4)29-21-20(25)30-24(5,6)31-21/h1,8-10,12-13,19-21H,15-17H2,2-6H3/t19-,20+,21-,25-/m1/s1. The van der Waals surface area contributed by atoms with Crippen molar-refractivity contribution in [3.8, 4) is 24.2 Å². The molecule has 0 aliphatic carbocycles. The molecule has 0 N–H and O–H groups in total. The monoisotopic (exact) mass is 426 g/mol. The summed E-state index contributed by atoms with van der Waals surface area (Å²) >= 11 is 0. The van der Waals surface area contributed by atoms with Gasteiger partial charge >= 0.3 is 5.97 Å². The second kappa shape index (κ2) is 9.02. The van der Waals surface area contributed by atoms with E-state index >= 15 is 0 Å². The number of carbonyl (C=O) groups is 1. The molecule has 2 fully saturated rings. The van der Waals surface area contributed by atoms with Crippen molar-refractivity contribution in [3.63, 3.8) is 0 Å². The maximum atomic E-state index is 12.4. The van der Waals surface area contributed by atoms with Gasteiger partial charge in [-0.2, -0.15) is 0 Å². The maximum absolute atomic E-state index is 12.4. The SMILES string of the molecule is C#CCO[C@]1(CC#Cc2ccccc2)[C@@H](COC(=O)C(C)(C)C)O[C@@H]2OC(C)(C)O[C@@H]21. The van der Waals surface area contributed by atoms with Crippen LogP contribution >= 0.6 is 0 Å². The topological polar surface area (TPSA) is 63.2 Å². The maximum Gasteiger partial charge on any atom is 0.311 e. The number of hydrogen-bond donors (Lipinski definition) is 0. The average Bonchev–Trinajstić information content (AvgIpc) is 3.15. The number of fused-ring (bicyclic) bond motifs is 1. The van der Waals surface area contributed by atoms with Crippen molar-refractivity contribution in [1.82, 2.24) is 0 Å². The zero-order valence-electron chi connectivity index (χ0n) is 18.8. The average molecular weight is 427 g/mol. The van der Waals surface area contributed by atoms with Gasteiger partial charge in [0, 0.05) is 12.0 Å². The Bertz CT molecular complexity index is 883. The molecule has 0 bridgehead atoms. The Balaban J connectivity index is 1.89. The molecule has 31 heavy (non-hydrogen) atoms. The minimum absolute atomic E-state index is 0.0200. The van der Waals surface area contributed by atoms with Crippen molar-refractivity contribution in [1.29, 1.82) is 0 Å². The summed E-state index contributed by atoms with van der Waals surface area (Å²) in [5.74, 6) is 7.65. The van der Waals surface area contributed by atoms with Gasteiger partial charge in [0.15, 0.2) is 12.1 Å². The van der Waals surface area contributed by atoms with E-state index in [-0.39, 0.29) is 25.6 Å². The Morgan fingerprint density at radius 2 is 1.90 bits per heavy atom. The first kappa shape index (κ1) is 23.3. The highest BCUT2D eigenvalue weighted by Crippen LogP contribution is 2.46. The molecule has 4 atom stereocenters. The number of hydrogen-bond acceptors (Lipinski definition) is 6. The highest BCUT2D eigenvalue weighted by Gasteiger charge is 2.64. The van der Waals surface area contributed by atoms with E-state index in [1.807, 2.05) is 44.2 Å². The summed E-state index contributed by atoms with van der Waals surface area (Å²) in [5, 5.41) is 0. The van der Waals surface area contributed by atoms with E-state index in [0.717, 1.165) is 5.56 Å². The second-order valence-corrected chi connectivity index (χ2v) is 9.19. The van der Waals surface area contributed by atoms with Crippen LogP contribution in [-0.2, 0) is 28.5 Å². The normalized spacial score (nSPS) is 28.8. The fourth-order valence-corrected chi connectivity index (χ4v) is 3.59. The van der Waals surface area contributed by atoms with Gasteiger partial charge in [0.25, 0.3) is 0 Å². The lowest BCUT2D eigenvalue weighted by Crippen LogP contribution is -2.53. The number of esters is 1. The Morgan fingerprint density at radius 3 is 2.55 bits per heavy atom. The molecule has 6 nitrogen and oxygen atoms in total. The zero-order chi connectivity index (χ0) is 22.7. The molecular formula is C25H30O6. The molecule has 6 heteroatoms. The highest BCUT2D eigenvalue weighted by atomic mass is 16.8. The van der Waals surface area contributed by atoms with Crippen LogP contribution in [0.15, 0.2) is 30.3 Å². The summed E-state index contributed by atoms with van der Waals surface area (Å²) in [4.78, 5) is 12.4. The molecule has 0 saturated carbocycles. The first-order chi connectivity index (χ1) is 14.6. The minimum atomic E-state index is -1.05. The summed E-state index contributed by atoms with van der Waals surface area (Å²) in [7, 11) is 0. The van der Waals surface area contributed by atoms with Crippen molar-refractivity contribution in [2.75, 3.05) is 13.2 Å². The molecule has 3 rings (SSSR count). The van der Waals surface area contributed by atoms with Gasteiger partial charge in [0.1, 0.15) is 31.0 Å². The summed E-state index contributed by atoms with van der Waals surface area (Å²) in [6.07, 6.45) is 3.86. The van der Waals surface area contributed by atoms with E-state index in [4.69, 9.17) is 30.1 Å². The molecule has 1 aromatic rings. The van der Waals surface area contributed by atoms with Gasteiger partial charge in [-0.3, -0.25) is 4.79 Å². The summed E-state index contributed by atoms with van der Waals surface area (Å²) < 4.78 is 29.9. The molecule has 2 aliphatic rings. The molecule has 2 saturated heterocycles. The molecular weight excluding hydrogens is 396 g/mol. The Morgan fingerprint density at radius 1 is 1.19 bits per heavy atom. The van der Waals surface area contributed by atoms with Crippen LogP contribution in [0.5, 0.6) is 0 Å². The van der Waals surface area contributed by atoms with E-state index in [1.165, 1.54) is 0 Å². The van der Waals surface area contributed by atoms with E-state index in [2.05, 4.69) is 17.8 Å². The molecule has 0 spiro atoms. The van der Waals surface area contributed by atoms with Crippen LogP contribution < -0.4 is 0 Å². The lowest BCUT2D eigenvalue weighted by Gasteiger charge is -2.36. The van der Waals surface area contributed by atoms with Crippen molar-refractivity contribution < 1.29 is 28.5 Å². The third-order valence-electron chi connectivity index (χ3n) is 5.16. The molecule has 2 aliphatic heterocycles. The summed E-state index contributed by atoms with van der Waals surface area (Å²) in [6, 6.07) is 9.64. The second-order valence-electron chi connectivity index (χ2n) is 9.19. The first-order valence-corrected chi connectivity index (χ1v) is 10.4. The smallest absolute Gasteiger partial charge is 0.311 e. The van der Waals surface area contributed by atoms with Gasteiger partial charge < -0.3 is 23.7 Å². The summed E-state index contributed by atoms with van der Waals surface area (Å²) in [6.45, 7) is 9.02. The molecule has 0 amide bonds. The van der Waals surface area contributed by atoms with Gasteiger partial charge in [-0.1, -0.05) is 36.0 Å². The zero-order valence-corrected chi connectivity index (χ0v) is 18.8. The molecule has 1 aromatic carbocycles. The van der Waals surface area contributed by atoms with Crippen LogP contribution in [-0.4, -0.2) is 49.1 Å². The third kappa shape index (κ3) is 5.29. The van der Waals surface area contributed by atoms with Crippen molar-refractivity contribution in [2.45, 2.75) is 70.9 Å². The van der Waals surface area contributed by atoms with Gasteiger partial charge in [-0.05, 0) is 46.8 Å². The van der Waals surface area contributed by atoms with Crippen molar-refractivity contribution in [2.24, 2.45) is 5.41 Å². The van der Waals surface area contributed by atoms with E-state index < -0.39 is 35.3 Å². The number of carbonyl (C=O) groups excluding carboxylic acids is 1. The quantitative estimate of drug-likeness (QED) is 0.532. The van der Waals surface area contributed by atoms with Crippen LogP contribution in [0.1, 0.15) is 46.6 Å². The third-order valence-corrected chi connectivity index (χ3v) is 5.16. The van der Waals surface area contributed by atoms with Crippen LogP contribution in [0.25, 0.3) is 0 Å². The Kier molecular flexibility index (Phi) is 6.79. The molecule has 166 valence electrons. The first-order valence-electron chi connectivity index (χ1n) is 10.4. The van der Waals surface area contributed by atoms with Crippen LogP contribution in [0.3, 0.4) is 0 Å². The van der Waals surface area contributed by atoms with E-state index in [1.54, 1.807) is 20.8 Å². The molecule has 0 unspecified atom stereocenters. The largest absolute Gasteiger partial charge is 0.462 e. The minimum Gasteiger partial charge on any atom is -0.462 e. The fraction of sp³-hybridized carbons (Fsp3) is 0.560. The lowest BCUT2D eigenvalue weighted by atomic mass is 9.88. The van der Waals surface area contributed by atoms with Gasteiger partial charge in [0.2, 0.25) is 0 Å². The van der Waals surface area contributed by atoms with Crippen molar-refractivity contribution >= 4 is 5.97 Å². The van der Waals surface area contributed by atoms with Crippen LogP contribution in [0, 0.1) is 29.6 Å². The number of rotatable bonds is 5. The number of benzene rings is 1. The van der Waals surface area contributed by atoms with E-state index in [9.17, 15) is 4.79 Å². The van der Waals surface area contributed by atoms with E-state index in [0.29, 0.717) is 0 Å². The van der Waals surface area contributed by atoms with Gasteiger partial charge in [-0.15, -0.1) is 6.42 Å². The summed E-state index contributed by atoms with van der Waals surface area (Å²) in [5.41, 5.74) is -0.811. The molecule has 0 radical (unpaired) electrons. The predicted molar refractivity (Wildman–Crippen MR) is 115 cm³/mol. The van der Waals surface area contributed by atoms with Gasteiger partial charge in [0.05, 0.1) is 5.41 Å². The van der Waals surface area contributed by atoms with Crippen molar-refractivity contribution in [3.05, 3.63) is 35.9 Å². The lowest BCUT2D eigenvalue weighted by molar-refractivity contribution is -0.240. The highest BCUT2D eigenvalue weighted by molar-refractivity contribution is 5.75. The predicted octanol–water partition coefficient (Wildman–Crippen LogP) is 3.28. The Hall–Kier alpha value is -2.35. The number of ether oxygens (including phenoxy) is 5. The van der Waals surface area contributed by atoms with Crippen LogP contribution in [0.2, 0.25) is 0 Å². The van der Waals surface area contributed by atoms with Gasteiger partial charge in [-0.25, -0.2) is 0 Å². The Labute approximate surface area is 184 Å². The molecule has 0 aromatic heterocycles. The molecule has 2 heterocycles. The van der Waals surface area contributed by atoms with Crippen LogP contribution in [0.4, 0.5) is 0 Å². The fourth-order valence-electron chi connectivity index (χ4n) is 3.59. The number of terminal acetylenes is 1.